The third-order valence-electron chi connectivity index (χ3n) is 5.67. The number of hydrogen-bond acceptors (Lipinski definition) is 3. The number of ether oxygens (including phenoxy) is 1. The molecule has 1 amide bonds. The zero-order valence-electron chi connectivity index (χ0n) is 18.3. The number of carbonyl (C=O) groups excluding carboxylic acids is 1. The Morgan fingerprint density at radius 3 is 2.71 bits per heavy atom. The number of aromatic nitrogens is 2. The Kier molecular flexibility index (Phi) is 5.94. The van der Waals surface area contributed by atoms with Gasteiger partial charge in [-0.2, -0.15) is 5.10 Å². The standard InChI is InChI=1S/C26H29N3O2/c1-26(2,3)22-11-7-10-19(15-22)20-12-13-21(14-20)23-16-24(29-28-23)27-25(30)31-17-18-8-5-4-6-9-18/h4-11,14-16,21H,12-13,17H2,1-3H3,(H2,27,28,29,30). The van der Waals surface area contributed by atoms with Crippen LogP contribution < -0.4 is 5.32 Å². The number of allylic oxidation sites excluding steroid dienone is 2. The lowest BCUT2D eigenvalue weighted by atomic mass is 9.85. The Morgan fingerprint density at radius 2 is 1.94 bits per heavy atom. The third kappa shape index (κ3) is 5.23. The molecule has 1 aliphatic carbocycles. The summed E-state index contributed by atoms with van der Waals surface area (Å²) in [5.41, 5.74) is 6.07. The average Bonchev–Trinajstić information content (AvgIpc) is 3.42. The molecule has 0 radical (unpaired) electrons. The molecule has 0 aliphatic heterocycles. The van der Waals surface area contributed by atoms with Gasteiger partial charge in [-0.25, -0.2) is 4.79 Å². The number of benzene rings is 2. The molecule has 2 aromatic carbocycles. The predicted molar refractivity (Wildman–Crippen MR) is 124 cm³/mol. The van der Waals surface area contributed by atoms with E-state index in [2.05, 4.69) is 66.6 Å². The summed E-state index contributed by atoms with van der Waals surface area (Å²) in [6, 6.07) is 20.3. The number of hydrogen-bond donors (Lipinski definition) is 2. The molecule has 3 aromatic rings. The lowest BCUT2D eigenvalue weighted by molar-refractivity contribution is 0.155. The second kappa shape index (κ2) is 8.80. The van der Waals surface area contributed by atoms with Crippen LogP contribution in [0.15, 0.2) is 66.7 Å². The lowest BCUT2D eigenvalue weighted by Crippen LogP contribution is -2.13. The van der Waals surface area contributed by atoms with E-state index in [-0.39, 0.29) is 17.9 Å². The summed E-state index contributed by atoms with van der Waals surface area (Å²) in [4.78, 5) is 12.1. The quantitative estimate of drug-likeness (QED) is 0.505. The van der Waals surface area contributed by atoms with Crippen molar-refractivity contribution < 1.29 is 9.53 Å². The molecule has 2 N–H and O–H groups in total. The van der Waals surface area contributed by atoms with Gasteiger partial charge in [0.15, 0.2) is 5.82 Å². The van der Waals surface area contributed by atoms with E-state index < -0.39 is 6.09 Å². The van der Waals surface area contributed by atoms with Gasteiger partial charge in [0.25, 0.3) is 0 Å². The van der Waals surface area contributed by atoms with Gasteiger partial charge in [-0.1, -0.05) is 81.4 Å². The van der Waals surface area contributed by atoms with E-state index in [9.17, 15) is 4.79 Å². The van der Waals surface area contributed by atoms with Crippen molar-refractivity contribution in [2.45, 2.75) is 51.6 Å². The van der Waals surface area contributed by atoms with Gasteiger partial charge < -0.3 is 4.74 Å². The Hall–Kier alpha value is -3.34. The number of rotatable bonds is 5. The van der Waals surface area contributed by atoms with E-state index in [1.165, 1.54) is 16.7 Å². The van der Waals surface area contributed by atoms with Gasteiger partial charge in [0, 0.05) is 17.7 Å². The molecular weight excluding hydrogens is 386 g/mol. The van der Waals surface area contributed by atoms with Crippen LogP contribution in [0.25, 0.3) is 5.57 Å². The fourth-order valence-electron chi connectivity index (χ4n) is 3.85. The van der Waals surface area contributed by atoms with Gasteiger partial charge in [0.2, 0.25) is 0 Å². The molecular formula is C26H29N3O2. The minimum absolute atomic E-state index is 0.133. The lowest BCUT2D eigenvalue weighted by Gasteiger charge is -2.20. The van der Waals surface area contributed by atoms with Crippen molar-refractivity contribution in [3.8, 4) is 0 Å². The average molecular weight is 416 g/mol. The van der Waals surface area contributed by atoms with E-state index in [0.29, 0.717) is 5.82 Å². The molecule has 1 aliphatic rings. The van der Waals surface area contributed by atoms with E-state index in [0.717, 1.165) is 24.1 Å². The molecule has 0 bridgehead atoms. The Balaban J connectivity index is 1.38. The molecule has 0 saturated heterocycles. The largest absolute Gasteiger partial charge is 0.444 e. The van der Waals surface area contributed by atoms with Gasteiger partial charge in [-0.15, -0.1) is 0 Å². The second-order valence-corrected chi connectivity index (χ2v) is 9.06. The van der Waals surface area contributed by atoms with Gasteiger partial charge in [-0.05, 0) is 40.5 Å². The highest BCUT2D eigenvalue weighted by Crippen LogP contribution is 2.38. The maximum Gasteiger partial charge on any atom is 0.413 e. The first-order valence-electron chi connectivity index (χ1n) is 10.7. The number of amides is 1. The summed E-state index contributed by atoms with van der Waals surface area (Å²) < 4.78 is 5.26. The molecule has 1 atom stereocenters. The zero-order valence-corrected chi connectivity index (χ0v) is 18.3. The van der Waals surface area contributed by atoms with Crippen LogP contribution in [0.4, 0.5) is 10.6 Å². The number of H-pyrrole nitrogens is 1. The highest BCUT2D eigenvalue weighted by molar-refractivity contribution is 5.83. The smallest absolute Gasteiger partial charge is 0.413 e. The van der Waals surface area contributed by atoms with Crippen molar-refractivity contribution >= 4 is 17.5 Å². The number of nitrogens with zero attached hydrogens (tertiary/aromatic N) is 1. The monoisotopic (exact) mass is 415 g/mol. The molecule has 5 heteroatoms. The van der Waals surface area contributed by atoms with Gasteiger partial charge in [0.1, 0.15) is 6.61 Å². The molecule has 31 heavy (non-hydrogen) atoms. The number of anilines is 1. The first kappa shape index (κ1) is 20.9. The van der Waals surface area contributed by atoms with Crippen LogP contribution in [0.1, 0.15) is 61.9 Å². The Morgan fingerprint density at radius 1 is 1.13 bits per heavy atom. The van der Waals surface area contributed by atoms with Crippen LogP contribution >= 0.6 is 0 Å². The van der Waals surface area contributed by atoms with E-state index in [1.54, 1.807) is 0 Å². The highest BCUT2D eigenvalue weighted by Gasteiger charge is 2.22. The van der Waals surface area contributed by atoms with Gasteiger partial charge >= 0.3 is 6.09 Å². The highest BCUT2D eigenvalue weighted by atomic mass is 16.5. The number of aromatic amines is 1. The van der Waals surface area contributed by atoms with Crippen LogP contribution in [-0.2, 0) is 16.8 Å². The Bertz CT molecular complexity index is 1080. The summed E-state index contributed by atoms with van der Waals surface area (Å²) >= 11 is 0. The molecule has 0 spiro atoms. The van der Waals surface area contributed by atoms with Crippen molar-refractivity contribution in [1.29, 1.82) is 0 Å². The molecule has 0 saturated carbocycles. The minimum atomic E-state index is -0.511. The van der Waals surface area contributed by atoms with Crippen molar-refractivity contribution in [1.82, 2.24) is 10.2 Å². The fraction of sp³-hybridized carbons (Fsp3) is 0.308. The van der Waals surface area contributed by atoms with Gasteiger partial charge in [-0.3, -0.25) is 10.4 Å². The van der Waals surface area contributed by atoms with Crippen LogP contribution in [0.2, 0.25) is 0 Å². The SMILES string of the molecule is CC(C)(C)c1cccc(C2=CC(c3cc(NC(=O)OCc4ccccc4)n[nH]3)CC2)c1. The predicted octanol–water partition coefficient (Wildman–Crippen LogP) is 6.42. The minimum Gasteiger partial charge on any atom is -0.444 e. The molecule has 1 unspecified atom stereocenters. The second-order valence-electron chi connectivity index (χ2n) is 9.06. The fourth-order valence-corrected chi connectivity index (χ4v) is 3.85. The number of carbonyl (C=O) groups is 1. The summed E-state index contributed by atoms with van der Waals surface area (Å²) in [7, 11) is 0. The first-order valence-corrected chi connectivity index (χ1v) is 10.7. The molecule has 160 valence electrons. The van der Waals surface area contributed by atoms with E-state index in [1.807, 2.05) is 36.4 Å². The zero-order chi connectivity index (χ0) is 21.8. The van der Waals surface area contributed by atoms with Crippen LogP contribution in [0.5, 0.6) is 0 Å². The van der Waals surface area contributed by atoms with Gasteiger partial charge in [0.05, 0.1) is 0 Å². The van der Waals surface area contributed by atoms with Crippen LogP contribution in [0.3, 0.4) is 0 Å². The van der Waals surface area contributed by atoms with Crippen LogP contribution in [-0.4, -0.2) is 16.3 Å². The van der Waals surface area contributed by atoms with Crippen molar-refractivity contribution in [2.75, 3.05) is 5.32 Å². The van der Waals surface area contributed by atoms with E-state index in [4.69, 9.17) is 4.74 Å². The number of nitrogens with one attached hydrogen (secondary N) is 2. The summed E-state index contributed by atoms with van der Waals surface area (Å²) in [5, 5.41) is 10.0. The van der Waals surface area contributed by atoms with Crippen molar-refractivity contribution in [3.05, 3.63) is 89.1 Å². The maximum atomic E-state index is 12.1. The normalized spacial score (nSPS) is 16.1. The third-order valence-corrected chi connectivity index (χ3v) is 5.67. The van der Waals surface area contributed by atoms with Crippen LogP contribution in [0, 0.1) is 0 Å². The molecule has 0 fully saturated rings. The maximum absolute atomic E-state index is 12.1. The summed E-state index contributed by atoms with van der Waals surface area (Å²) in [6.45, 7) is 6.94. The summed E-state index contributed by atoms with van der Waals surface area (Å²) in [5.74, 6) is 0.737. The molecule has 4 rings (SSSR count). The first-order chi connectivity index (χ1) is 14.9. The van der Waals surface area contributed by atoms with E-state index >= 15 is 0 Å². The molecule has 1 aromatic heterocycles. The van der Waals surface area contributed by atoms with Crippen molar-refractivity contribution in [2.24, 2.45) is 0 Å². The Labute approximate surface area is 183 Å². The topological polar surface area (TPSA) is 67.0 Å². The summed E-state index contributed by atoms with van der Waals surface area (Å²) in [6.07, 6.45) is 3.85. The molecule has 1 heterocycles. The molecule has 5 nitrogen and oxygen atoms in total. The van der Waals surface area contributed by atoms with Crippen molar-refractivity contribution in [3.63, 3.8) is 0 Å².